The molecule has 6 rings (SSSR count). The Hall–Kier alpha value is -2.42. The van der Waals surface area contributed by atoms with Crippen molar-refractivity contribution in [3.8, 4) is 0 Å². The first-order valence-corrected chi connectivity index (χ1v) is 18.2. The van der Waals surface area contributed by atoms with Gasteiger partial charge in [-0.05, 0) is 153 Å². The lowest BCUT2D eigenvalue weighted by Crippen LogP contribution is -2.58. The molecule has 44 heavy (non-hydrogen) atoms. The second-order valence-electron chi connectivity index (χ2n) is 15.0. The SMILES string of the molecule is C[C@H](CCC(=O)Nc1ccc(S(=O)(=O)c2ccc(N)cc2)cc1)[C@H]1CC[C@H]2[C@@H]3CC[C@H]4C[C@@H](O)CC[C@]4(C)[C@H]3C[C@H](O)[C@]12C. The van der Waals surface area contributed by atoms with E-state index in [1.165, 1.54) is 37.1 Å². The van der Waals surface area contributed by atoms with Gasteiger partial charge in [0.15, 0.2) is 0 Å². The molecule has 0 aromatic heterocycles. The van der Waals surface area contributed by atoms with E-state index < -0.39 is 9.84 Å². The molecule has 1 amide bonds. The summed E-state index contributed by atoms with van der Waals surface area (Å²) in [4.78, 5) is 13.3. The standard InChI is InChI=1S/C36H50N2O5S/c1-22(4-17-34(41)38-25-8-12-28(13-9-25)44(42,43)27-10-6-24(37)7-11-27)30-15-16-31-29-14-5-23-20-26(39)18-19-35(23,2)32(29)21-33(40)36(30,31)3/h6-13,22-23,26,29-33,39-40H,4-5,14-21,37H2,1-3H3,(H,38,41)/t22-,23+,26+,29+,30-,31+,32+,33+,35+,36-/m1/s1. The molecule has 2 aromatic rings. The Labute approximate surface area is 262 Å². The van der Waals surface area contributed by atoms with Crippen molar-refractivity contribution in [2.24, 2.45) is 46.3 Å². The molecule has 0 unspecified atom stereocenters. The minimum absolute atomic E-state index is 0.0827. The van der Waals surface area contributed by atoms with Crippen molar-refractivity contribution < 1.29 is 23.4 Å². The lowest BCUT2D eigenvalue weighted by molar-refractivity contribution is -0.174. The average molecular weight is 623 g/mol. The third kappa shape index (κ3) is 5.39. The highest BCUT2D eigenvalue weighted by Crippen LogP contribution is 2.68. The summed E-state index contributed by atoms with van der Waals surface area (Å²) < 4.78 is 25.9. The van der Waals surface area contributed by atoms with Gasteiger partial charge in [0.05, 0.1) is 22.0 Å². The van der Waals surface area contributed by atoms with E-state index in [9.17, 15) is 23.4 Å². The van der Waals surface area contributed by atoms with Gasteiger partial charge in [-0.1, -0.05) is 20.8 Å². The zero-order valence-corrected chi connectivity index (χ0v) is 27.2. The van der Waals surface area contributed by atoms with E-state index in [-0.39, 0.29) is 38.7 Å². The number of fused-ring (bicyclic) bond motifs is 5. The fourth-order valence-corrected chi connectivity index (χ4v) is 11.7. The van der Waals surface area contributed by atoms with Crippen LogP contribution in [0.4, 0.5) is 11.4 Å². The van der Waals surface area contributed by atoms with Crippen LogP contribution in [0.1, 0.15) is 85.0 Å². The minimum atomic E-state index is -3.67. The van der Waals surface area contributed by atoms with Crippen LogP contribution in [-0.4, -0.2) is 36.7 Å². The summed E-state index contributed by atoms with van der Waals surface area (Å²) in [6.45, 7) is 7.05. The maximum Gasteiger partial charge on any atom is 0.224 e. The van der Waals surface area contributed by atoms with E-state index >= 15 is 0 Å². The molecular weight excluding hydrogens is 572 g/mol. The average Bonchev–Trinajstić information content (AvgIpc) is 3.36. The molecule has 2 aromatic carbocycles. The number of benzene rings is 2. The fraction of sp³-hybridized carbons (Fsp3) is 0.639. The smallest absolute Gasteiger partial charge is 0.224 e. The summed E-state index contributed by atoms with van der Waals surface area (Å²) in [6.07, 6.45) is 9.08. The Bertz CT molecular complexity index is 1460. The van der Waals surface area contributed by atoms with Crippen LogP contribution in [0.15, 0.2) is 58.3 Å². The number of hydrogen-bond donors (Lipinski definition) is 4. The molecule has 0 radical (unpaired) electrons. The number of carbonyl (C=O) groups is 1. The topological polar surface area (TPSA) is 130 Å². The number of nitrogen functional groups attached to an aromatic ring is 1. The number of hydrogen-bond acceptors (Lipinski definition) is 6. The van der Waals surface area contributed by atoms with E-state index in [1.54, 1.807) is 24.3 Å². The maximum absolute atomic E-state index is 13.0. The monoisotopic (exact) mass is 622 g/mol. The van der Waals surface area contributed by atoms with Gasteiger partial charge in [0, 0.05) is 17.8 Å². The van der Waals surface area contributed by atoms with Crippen molar-refractivity contribution >= 4 is 27.1 Å². The summed E-state index contributed by atoms with van der Waals surface area (Å²) in [5, 5.41) is 25.1. The first-order valence-electron chi connectivity index (χ1n) is 16.7. The second-order valence-corrected chi connectivity index (χ2v) is 17.0. The number of aliphatic hydroxyl groups excluding tert-OH is 2. The van der Waals surface area contributed by atoms with Crippen molar-refractivity contribution in [2.75, 3.05) is 11.1 Å². The predicted molar refractivity (Wildman–Crippen MR) is 172 cm³/mol. The van der Waals surface area contributed by atoms with Crippen molar-refractivity contribution in [1.82, 2.24) is 0 Å². The number of amides is 1. The highest BCUT2D eigenvalue weighted by atomic mass is 32.2. The van der Waals surface area contributed by atoms with Gasteiger partial charge in [0.1, 0.15) is 0 Å². The van der Waals surface area contributed by atoms with Gasteiger partial charge >= 0.3 is 0 Å². The van der Waals surface area contributed by atoms with E-state index in [0.717, 1.165) is 44.9 Å². The Kier molecular flexibility index (Phi) is 8.42. The summed E-state index contributed by atoms with van der Waals surface area (Å²) in [6, 6.07) is 12.4. The van der Waals surface area contributed by atoms with Gasteiger partial charge in [-0.3, -0.25) is 4.79 Å². The second kappa shape index (κ2) is 11.7. The van der Waals surface area contributed by atoms with Gasteiger partial charge in [-0.15, -0.1) is 0 Å². The lowest BCUT2D eigenvalue weighted by atomic mass is 9.43. The first kappa shape index (κ1) is 31.6. The molecule has 4 aliphatic rings. The molecule has 0 bridgehead atoms. The van der Waals surface area contributed by atoms with Crippen LogP contribution in [-0.2, 0) is 14.6 Å². The first-order chi connectivity index (χ1) is 20.8. The zero-order chi connectivity index (χ0) is 31.4. The molecule has 5 N–H and O–H groups in total. The summed E-state index contributed by atoms with van der Waals surface area (Å²) >= 11 is 0. The molecule has 4 aliphatic carbocycles. The van der Waals surface area contributed by atoms with Gasteiger partial charge in [-0.2, -0.15) is 0 Å². The number of nitrogens with one attached hydrogen (secondary N) is 1. The Morgan fingerprint density at radius 1 is 0.932 bits per heavy atom. The van der Waals surface area contributed by atoms with Gasteiger partial charge in [0.2, 0.25) is 15.7 Å². The Morgan fingerprint density at radius 2 is 1.59 bits per heavy atom. The van der Waals surface area contributed by atoms with Crippen LogP contribution in [0, 0.1) is 46.3 Å². The van der Waals surface area contributed by atoms with E-state index in [2.05, 4.69) is 26.1 Å². The molecule has 0 aliphatic heterocycles. The molecule has 8 heteroatoms. The van der Waals surface area contributed by atoms with Crippen LogP contribution >= 0.6 is 0 Å². The number of anilines is 2. The zero-order valence-electron chi connectivity index (χ0n) is 26.4. The molecule has 0 spiro atoms. The lowest BCUT2D eigenvalue weighted by Gasteiger charge is -2.62. The molecule has 0 heterocycles. The van der Waals surface area contributed by atoms with Gasteiger partial charge < -0.3 is 21.3 Å². The van der Waals surface area contributed by atoms with Crippen molar-refractivity contribution in [3.63, 3.8) is 0 Å². The van der Waals surface area contributed by atoms with Crippen LogP contribution in [0.25, 0.3) is 0 Å². The number of nitrogens with two attached hydrogens (primary N) is 1. The largest absolute Gasteiger partial charge is 0.399 e. The number of sulfone groups is 1. The Balaban J connectivity index is 1.06. The normalized spacial score (nSPS) is 37.3. The van der Waals surface area contributed by atoms with Crippen LogP contribution in [0.5, 0.6) is 0 Å². The van der Waals surface area contributed by atoms with Crippen molar-refractivity contribution in [1.29, 1.82) is 0 Å². The van der Waals surface area contributed by atoms with E-state index in [4.69, 9.17) is 5.73 Å². The molecule has 10 atom stereocenters. The summed E-state index contributed by atoms with van der Waals surface area (Å²) in [7, 11) is -3.67. The van der Waals surface area contributed by atoms with Gasteiger partial charge in [0.25, 0.3) is 0 Å². The quantitative estimate of drug-likeness (QED) is 0.263. The predicted octanol–water partition coefficient (Wildman–Crippen LogP) is 6.45. The summed E-state index contributed by atoms with van der Waals surface area (Å²) in [5.41, 5.74) is 6.86. The minimum Gasteiger partial charge on any atom is -0.399 e. The van der Waals surface area contributed by atoms with Gasteiger partial charge in [-0.25, -0.2) is 8.42 Å². The third-order valence-corrected chi connectivity index (χ3v) is 14.8. The van der Waals surface area contributed by atoms with Crippen molar-refractivity contribution in [2.45, 2.75) is 107 Å². The molecule has 0 saturated heterocycles. The summed E-state index contributed by atoms with van der Waals surface area (Å²) in [5.74, 6) is 2.88. The van der Waals surface area contributed by atoms with E-state index in [0.29, 0.717) is 53.3 Å². The van der Waals surface area contributed by atoms with Crippen LogP contribution < -0.4 is 11.1 Å². The highest BCUT2D eigenvalue weighted by molar-refractivity contribution is 7.91. The maximum atomic E-state index is 13.0. The number of carbonyl (C=O) groups excluding carboxylic acids is 1. The molecule has 7 nitrogen and oxygen atoms in total. The van der Waals surface area contributed by atoms with E-state index in [1.807, 2.05) is 0 Å². The number of rotatable bonds is 7. The fourth-order valence-electron chi connectivity index (χ4n) is 10.4. The number of aliphatic hydroxyl groups is 2. The third-order valence-electron chi connectivity index (χ3n) is 13.0. The highest BCUT2D eigenvalue weighted by Gasteiger charge is 2.63. The van der Waals surface area contributed by atoms with Crippen LogP contribution in [0.3, 0.4) is 0 Å². The van der Waals surface area contributed by atoms with Crippen LogP contribution in [0.2, 0.25) is 0 Å². The molecular formula is C36H50N2O5S. The molecule has 4 saturated carbocycles. The van der Waals surface area contributed by atoms with Crippen molar-refractivity contribution in [3.05, 3.63) is 48.5 Å². The Morgan fingerprint density at radius 3 is 2.27 bits per heavy atom. The molecule has 4 fully saturated rings. The molecule has 240 valence electrons.